The van der Waals surface area contributed by atoms with Crippen molar-refractivity contribution in [3.63, 3.8) is 0 Å². The minimum Gasteiger partial charge on any atom is -0.481 e. The highest BCUT2D eigenvalue weighted by Gasteiger charge is 2.32. The van der Waals surface area contributed by atoms with E-state index in [1.54, 1.807) is 24.3 Å². The third-order valence-electron chi connectivity index (χ3n) is 3.72. The van der Waals surface area contributed by atoms with Crippen LogP contribution in [0.4, 0.5) is 0 Å². The average molecular weight is 265 g/mol. The fourth-order valence-electron chi connectivity index (χ4n) is 2.66. The Morgan fingerprint density at radius 2 is 2.16 bits per heavy atom. The van der Waals surface area contributed by atoms with Gasteiger partial charge in [0.05, 0.1) is 18.7 Å². The van der Waals surface area contributed by atoms with E-state index in [-0.39, 0.29) is 17.7 Å². The topological polar surface area (TPSA) is 70.8 Å². The molecule has 0 aliphatic heterocycles. The minimum absolute atomic E-state index is 0.0161. The largest absolute Gasteiger partial charge is 0.481 e. The molecule has 1 aromatic rings. The molecule has 1 saturated carbocycles. The molecule has 0 spiro atoms. The lowest BCUT2D eigenvalue weighted by Gasteiger charge is -2.29. The Kier molecular flexibility index (Phi) is 4.24. The van der Waals surface area contributed by atoms with E-state index in [2.05, 4.69) is 0 Å². The van der Waals surface area contributed by atoms with E-state index in [0.717, 1.165) is 18.6 Å². The van der Waals surface area contributed by atoms with Crippen molar-refractivity contribution < 1.29 is 19.1 Å². The van der Waals surface area contributed by atoms with Gasteiger partial charge in [0.25, 0.3) is 0 Å². The number of carboxylic acid groups (broad SMARTS) is 1. The van der Waals surface area contributed by atoms with Crippen LogP contribution in [0.2, 0.25) is 0 Å². The van der Waals surface area contributed by atoms with Gasteiger partial charge in [-0.2, -0.15) is 0 Å². The highest BCUT2D eigenvalue weighted by atomic mass is 16.4. The number of rotatable bonds is 4. The van der Waals surface area contributed by atoms with Crippen LogP contribution < -0.4 is 0 Å². The monoisotopic (exact) mass is 265 g/mol. The normalized spacial score (nSPS) is 23.0. The molecule has 1 fully saturated rings. The molecule has 2 rings (SSSR count). The van der Waals surface area contributed by atoms with Crippen LogP contribution in [0.1, 0.15) is 31.4 Å². The Bertz CT molecular complexity index is 440. The van der Waals surface area contributed by atoms with Gasteiger partial charge in [-0.15, -0.1) is 0 Å². The molecule has 0 radical (unpaired) electrons. The van der Waals surface area contributed by atoms with Crippen LogP contribution in [-0.4, -0.2) is 28.9 Å². The quantitative estimate of drug-likeness (QED) is 0.905. The molecular formula is C14H19NO4. The molecule has 0 unspecified atom stereocenters. The van der Waals surface area contributed by atoms with Crippen LogP contribution in [0.3, 0.4) is 0 Å². The summed E-state index contributed by atoms with van der Waals surface area (Å²) in [6, 6.07) is 3.61. The van der Waals surface area contributed by atoms with Gasteiger partial charge in [0.15, 0.2) is 0 Å². The summed E-state index contributed by atoms with van der Waals surface area (Å²) in [5.41, 5.74) is 0. The van der Waals surface area contributed by atoms with E-state index >= 15 is 0 Å². The maximum absolute atomic E-state index is 12.3. The summed E-state index contributed by atoms with van der Waals surface area (Å²) in [5.74, 6) is -0.579. The lowest BCUT2D eigenvalue weighted by molar-refractivity contribution is -0.145. The van der Waals surface area contributed by atoms with Crippen LogP contribution >= 0.6 is 0 Å². The smallest absolute Gasteiger partial charge is 0.306 e. The molecule has 19 heavy (non-hydrogen) atoms. The first-order valence-electron chi connectivity index (χ1n) is 6.58. The van der Waals surface area contributed by atoms with E-state index in [1.165, 1.54) is 0 Å². The number of aliphatic carboxylic acids is 1. The summed E-state index contributed by atoms with van der Waals surface area (Å²) in [6.07, 6.45) is 4.31. The van der Waals surface area contributed by atoms with Crippen molar-refractivity contribution in [3.8, 4) is 0 Å². The van der Waals surface area contributed by atoms with Crippen LogP contribution in [0.15, 0.2) is 22.8 Å². The van der Waals surface area contributed by atoms with Gasteiger partial charge in [-0.25, -0.2) is 0 Å². The Balaban J connectivity index is 1.93. The first kappa shape index (κ1) is 13.6. The summed E-state index contributed by atoms with van der Waals surface area (Å²) in [5, 5.41) is 9.04. The van der Waals surface area contributed by atoms with Gasteiger partial charge in [0.2, 0.25) is 5.91 Å². The summed E-state index contributed by atoms with van der Waals surface area (Å²) in [4.78, 5) is 24.9. The van der Waals surface area contributed by atoms with Crippen molar-refractivity contribution in [2.24, 2.45) is 11.8 Å². The molecule has 1 aliphatic rings. The summed E-state index contributed by atoms with van der Waals surface area (Å²) in [6.45, 7) is 0.431. The second-order valence-electron chi connectivity index (χ2n) is 5.17. The Labute approximate surface area is 112 Å². The number of nitrogens with zero attached hydrogens (tertiary/aromatic N) is 1. The van der Waals surface area contributed by atoms with Crippen LogP contribution in [0, 0.1) is 11.8 Å². The number of carbonyl (C=O) groups is 2. The fraction of sp³-hybridized carbons (Fsp3) is 0.571. The van der Waals surface area contributed by atoms with Gasteiger partial charge in [-0.3, -0.25) is 9.59 Å². The van der Waals surface area contributed by atoms with Gasteiger partial charge in [-0.05, 0) is 31.4 Å². The highest BCUT2D eigenvalue weighted by molar-refractivity contribution is 5.80. The van der Waals surface area contributed by atoms with Crippen molar-refractivity contribution in [1.82, 2.24) is 4.90 Å². The Hall–Kier alpha value is -1.78. The summed E-state index contributed by atoms with van der Waals surface area (Å²) >= 11 is 0. The number of hydrogen-bond donors (Lipinski definition) is 1. The fourth-order valence-corrected chi connectivity index (χ4v) is 2.66. The van der Waals surface area contributed by atoms with E-state index in [9.17, 15) is 9.59 Å². The molecule has 0 aromatic carbocycles. The number of furan rings is 1. The van der Waals surface area contributed by atoms with Crippen LogP contribution in [-0.2, 0) is 16.1 Å². The molecule has 1 amide bonds. The number of carbonyl (C=O) groups excluding carboxylic acids is 1. The van der Waals surface area contributed by atoms with Crippen LogP contribution in [0.5, 0.6) is 0 Å². The molecule has 1 aliphatic carbocycles. The van der Waals surface area contributed by atoms with Gasteiger partial charge in [0.1, 0.15) is 5.76 Å². The number of carboxylic acids is 1. The van der Waals surface area contributed by atoms with E-state index in [1.807, 2.05) is 6.07 Å². The Morgan fingerprint density at radius 1 is 1.42 bits per heavy atom. The van der Waals surface area contributed by atoms with E-state index in [4.69, 9.17) is 9.52 Å². The van der Waals surface area contributed by atoms with Gasteiger partial charge in [-0.1, -0.05) is 6.42 Å². The summed E-state index contributed by atoms with van der Waals surface area (Å²) < 4.78 is 5.21. The van der Waals surface area contributed by atoms with Gasteiger partial charge in [0, 0.05) is 13.0 Å². The zero-order chi connectivity index (χ0) is 13.8. The lowest BCUT2D eigenvalue weighted by atomic mass is 9.81. The SMILES string of the molecule is CN(Cc1ccco1)C(=O)[C@H]1CCC[C@H](C(=O)O)C1. The third kappa shape index (κ3) is 3.36. The molecule has 2 atom stereocenters. The average Bonchev–Trinajstić information content (AvgIpc) is 2.90. The molecule has 0 saturated heterocycles. The maximum Gasteiger partial charge on any atom is 0.306 e. The van der Waals surface area contributed by atoms with Crippen molar-refractivity contribution in [1.29, 1.82) is 0 Å². The zero-order valence-electron chi connectivity index (χ0n) is 11.0. The third-order valence-corrected chi connectivity index (χ3v) is 3.72. The van der Waals surface area contributed by atoms with Crippen molar-refractivity contribution in [2.75, 3.05) is 7.05 Å². The second-order valence-corrected chi connectivity index (χ2v) is 5.17. The predicted octanol–water partition coefficient (Wildman–Crippen LogP) is 2.13. The van der Waals surface area contributed by atoms with Gasteiger partial charge >= 0.3 is 5.97 Å². The first-order chi connectivity index (χ1) is 9.08. The van der Waals surface area contributed by atoms with Crippen molar-refractivity contribution >= 4 is 11.9 Å². The zero-order valence-corrected chi connectivity index (χ0v) is 11.0. The number of hydrogen-bond acceptors (Lipinski definition) is 3. The van der Waals surface area contributed by atoms with Gasteiger partial charge < -0.3 is 14.4 Å². The second kappa shape index (κ2) is 5.91. The molecule has 104 valence electrons. The highest BCUT2D eigenvalue weighted by Crippen LogP contribution is 2.30. The standard InChI is InChI=1S/C14H19NO4/c1-15(9-12-6-3-7-19-12)13(16)10-4-2-5-11(8-10)14(17)18/h3,6-7,10-11H,2,4-5,8-9H2,1H3,(H,17,18)/t10-,11-/m0/s1. The molecule has 1 N–H and O–H groups in total. The Morgan fingerprint density at radius 3 is 2.79 bits per heavy atom. The number of amides is 1. The molecule has 0 bridgehead atoms. The minimum atomic E-state index is -0.786. The van der Waals surface area contributed by atoms with Crippen molar-refractivity contribution in [2.45, 2.75) is 32.2 Å². The van der Waals surface area contributed by atoms with Crippen LogP contribution in [0.25, 0.3) is 0 Å². The van der Waals surface area contributed by atoms with E-state index in [0.29, 0.717) is 19.4 Å². The molecule has 1 heterocycles. The summed E-state index contributed by atoms with van der Waals surface area (Å²) in [7, 11) is 1.73. The molecule has 1 aromatic heterocycles. The molecule has 5 nitrogen and oxygen atoms in total. The molecular weight excluding hydrogens is 246 g/mol. The molecule has 5 heteroatoms. The maximum atomic E-state index is 12.3. The van der Waals surface area contributed by atoms with E-state index < -0.39 is 5.97 Å². The predicted molar refractivity (Wildman–Crippen MR) is 68.3 cm³/mol. The lowest BCUT2D eigenvalue weighted by Crippen LogP contribution is -2.36. The van der Waals surface area contributed by atoms with Crippen molar-refractivity contribution in [3.05, 3.63) is 24.2 Å². The first-order valence-corrected chi connectivity index (χ1v) is 6.58.